The van der Waals surface area contributed by atoms with Gasteiger partial charge in [-0.15, -0.1) is 0 Å². The number of ether oxygens (including phenoxy) is 1. The molecule has 2 aromatic carbocycles. The van der Waals surface area contributed by atoms with Crippen molar-refractivity contribution in [2.75, 3.05) is 19.8 Å². The molecular weight excluding hydrogens is 478 g/mol. The minimum Gasteiger partial charge on any atom is -0.508 e. The Bertz CT molecular complexity index is 786. The summed E-state index contributed by atoms with van der Waals surface area (Å²) in [5.41, 5.74) is 3.07. The first-order valence-corrected chi connectivity index (χ1v) is 10.2. The van der Waals surface area contributed by atoms with Gasteiger partial charge in [0.2, 0.25) is 0 Å². The Morgan fingerprint density at radius 2 is 1.85 bits per heavy atom. The first-order chi connectivity index (χ1) is 12.8. The Kier molecular flexibility index (Phi) is 8.13. The largest absolute Gasteiger partial charge is 0.508 e. The normalized spacial score (nSPS) is 10.9. The molecule has 0 atom stereocenters. The standard InChI is InChI=1S/C20H23Br2NO4/c1-12(2)15-7-13(3-4-19(15)25)8-16-17(21)9-14(10-18(16)22)27-11-20(26)23-5-6-24/h3-4,7,9-10,12,24-25H,5-6,8,11H2,1-2H3,(H,23,26). The second-order valence-electron chi connectivity index (χ2n) is 6.45. The van der Waals surface area contributed by atoms with Crippen LogP contribution in [0, 0.1) is 0 Å². The third kappa shape index (κ3) is 6.23. The molecule has 2 aromatic rings. The van der Waals surface area contributed by atoms with Gasteiger partial charge in [0.05, 0.1) is 6.61 Å². The molecule has 0 heterocycles. The number of hydrogen-bond donors (Lipinski definition) is 3. The van der Waals surface area contributed by atoms with Crippen molar-refractivity contribution < 1.29 is 19.7 Å². The van der Waals surface area contributed by atoms with Gasteiger partial charge in [-0.25, -0.2) is 0 Å². The van der Waals surface area contributed by atoms with Gasteiger partial charge >= 0.3 is 0 Å². The van der Waals surface area contributed by atoms with E-state index < -0.39 is 0 Å². The Balaban J connectivity index is 2.13. The molecule has 0 radical (unpaired) electrons. The number of aromatic hydroxyl groups is 1. The average Bonchev–Trinajstić information content (AvgIpc) is 2.62. The summed E-state index contributed by atoms with van der Waals surface area (Å²) in [6.07, 6.45) is 0.679. The van der Waals surface area contributed by atoms with E-state index in [1.165, 1.54) is 0 Å². The Hall–Kier alpha value is -1.57. The zero-order valence-electron chi connectivity index (χ0n) is 15.3. The molecule has 7 heteroatoms. The van der Waals surface area contributed by atoms with Crippen molar-refractivity contribution in [3.05, 3.63) is 56.0 Å². The van der Waals surface area contributed by atoms with Gasteiger partial charge in [-0.05, 0) is 47.2 Å². The summed E-state index contributed by atoms with van der Waals surface area (Å²) in [6.45, 7) is 4.09. The van der Waals surface area contributed by atoms with Crippen LogP contribution in [0.15, 0.2) is 39.3 Å². The van der Waals surface area contributed by atoms with Crippen LogP contribution in [-0.4, -0.2) is 35.9 Å². The maximum absolute atomic E-state index is 11.6. The number of nitrogens with one attached hydrogen (secondary N) is 1. The molecule has 146 valence electrons. The van der Waals surface area contributed by atoms with Gasteiger partial charge < -0.3 is 20.3 Å². The summed E-state index contributed by atoms with van der Waals surface area (Å²) in [7, 11) is 0. The second-order valence-corrected chi connectivity index (χ2v) is 8.16. The van der Waals surface area contributed by atoms with Crippen LogP contribution in [0.25, 0.3) is 0 Å². The van der Waals surface area contributed by atoms with E-state index in [4.69, 9.17) is 9.84 Å². The van der Waals surface area contributed by atoms with Gasteiger partial charge in [0.25, 0.3) is 5.91 Å². The van der Waals surface area contributed by atoms with Gasteiger partial charge in [-0.2, -0.15) is 0 Å². The molecule has 0 spiro atoms. The minimum atomic E-state index is -0.286. The Labute approximate surface area is 176 Å². The monoisotopic (exact) mass is 499 g/mol. The summed E-state index contributed by atoms with van der Waals surface area (Å²) >= 11 is 7.15. The van der Waals surface area contributed by atoms with E-state index in [0.717, 1.165) is 25.6 Å². The number of hydrogen-bond acceptors (Lipinski definition) is 4. The molecule has 0 bridgehead atoms. The quantitative estimate of drug-likeness (QED) is 0.509. The molecule has 0 saturated carbocycles. The molecule has 0 unspecified atom stereocenters. The number of rotatable bonds is 8. The van der Waals surface area contributed by atoms with E-state index in [9.17, 15) is 9.90 Å². The second kappa shape index (κ2) is 10.1. The fourth-order valence-electron chi connectivity index (χ4n) is 2.61. The number of aliphatic hydroxyl groups is 1. The van der Waals surface area contributed by atoms with Crippen molar-refractivity contribution in [2.45, 2.75) is 26.2 Å². The predicted molar refractivity (Wildman–Crippen MR) is 112 cm³/mol. The van der Waals surface area contributed by atoms with Crippen LogP contribution in [-0.2, 0) is 11.2 Å². The van der Waals surface area contributed by atoms with Crippen molar-refractivity contribution in [3.8, 4) is 11.5 Å². The highest BCUT2D eigenvalue weighted by atomic mass is 79.9. The average molecular weight is 501 g/mol. The zero-order chi connectivity index (χ0) is 20.0. The highest BCUT2D eigenvalue weighted by molar-refractivity contribution is 9.11. The molecule has 1 amide bonds. The van der Waals surface area contributed by atoms with Crippen LogP contribution >= 0.6 is 31.9 Å². The third-order valence-corrected chi connectivity index (χ3v) is 5.43. The van der Waals surface area contributed by atoms with Crippen molar-refractivity contribution in [1.29, 1.82) is 0 Å². The van der Waals surface area contributed by atoms with Crippen molar-refractivity contribution in [2.24, 2.45) is 0 Å². The van der Waals surface area contributed by atoms with Crippen LogP contribution in [0.2, 0.25) is 0 Å². The van der Waals surface area contributed by atoms with E-state index in [-0.39, 0.29) is 31.6 Å². The maximum atomic E-state index is 11.6. The lowest BCUT2D eigenvalue weighted by Gasteiger charge is -2.14. The number of amides is 1. The lowest BCUT2D eigenvalue weighted by molar-refractivity contribution is -0.123. The topological polar surface area (TPSA) is 78.8 Å². The summed E-state index contributed by atoms with van der Waals surface area (Å²) in [5.74, 6) is 0.829. The van der Waals surface area contributed by atoms with Crippen molar-refractivity contribution in [1.82, 2.24) is 5.32 Å². The molecule has 2 rings (SSSR count). The van der Waals surface area contributed by atoms with Crippen molar-refractivity contribution in [3.63, 3.8) is 0 Å². The molecule has 0 aliphatic rings. The van der Waals surface area contributed by atoms with Crippen LogP contribution in [0.4, 0.5) is 0 Å². The fourth-order valence-corrected chi connectivity index (χ4v) is 4.03. The maximum Gasteiger partial charge on any atom is 0.258 e. The van der Waals surface area contributed by atoms with Gasteiger partial charge in [-0.3, -0.25) is 4.79 Å². The smallest absolute Gasteiger partial charge is 0.258 e. The molecule has 0 aliphatic carbocycles. The number of aliphatic hydroxyl groups excluding tert-OH is 1. The molecular formula is C20H23Br2NO4. The number of benzene rings is 2. The molecule has 0 aliphatic heterocycles. The summed E-state index contributed by atoms with van der Waals surface area (Å²) < 4.78 is 7.24. The van der Waals surface area contributed by atoms with Gasteiger partial charge in [0.1, 0.15) is 11.5 Å². The molecule has 0 saturated heterocycles. The molecule has 5 nitrogen and oxygen atoms in total. The van der Waals surface area contributed by atoms with Crippen LogP contribution in [0.5, 0.6) is 11.5 Å². The van der Waals surface area contributed by atoms with Crippen LogP contribution in [0.3, 0.4) is 0 Å². The highest BCUT2D eigenvalue weighted by Crippen LogP contribution is 2.34. The van der Waals surface area contributed by atoms with Gasteiger partial charge in [0.15, 0.2) is 6.61 Å². The summed E-state index contributed by atoms with van der Waals surface area (Å²) in [4.78, 5) is 11.6. The zero-order valence-corrected chi connectivity index (χ0v) is 18.4. The third-order valence-electron chi connectivity index (χ3n) is 4.01. The van der Waals surface area contributed by atoms with E-state index in [1.54, 1.807) is 6.07 Å². The summed E-state index contributed by atoms with van der Waals surface area (Å²) in [6, 6.07) is 9.31. The number of carbonyl (C=O) groups is 1. The molecule has 27 heavy (non-hydrogen) atoms. The molecule has 0 aromatic heterocycles. The van der Waals surface area contributed by atoms with Crippen molar-refractivity contribution >= 4 is 37.8 Å². The van der Waals surface area contributed by atoms with E-state index in [0.29, 0.717) is 17.9 Å². The van der Waals surface area contributed by atoms with E-state index in [2.05, 4.69) is 37.2 Å². The number of phenolic OH excluding ortho intramolecular Hbond substituents is 1. The number of carbonyl (C=O) groups excluding carboxylic acids is 1. The SMILES string of the molecule is CC(C)c1cc(Cc2c(Br)cc(OCC(=O)NCCO)cc2Br)ccc1O. The van der Waals surface area contributed by atoms with Crippen LogP contribution in [0.1, 0.15) is 36.5 Å². The first-order valence-electron chi connectivity index (χ1n) is 8.62. The lowest BCUT2D eigenvalue weighted by atomic mass is 9.96. The van der Waals surface area contributed by atoms with E-state index in [1.807, 2.05) is 38.1 Å². The van der Waals surface area contributed by atoms with Gasteiger partial charge in [0, 0.05) is 15.5 Å². The molecule has 3 N–H and O–H groups in total. The Morgan fingerprint density at radius 1 is 1.19 bits per heavy atom. The highest BCUT2D eigenvalue weighted by Gasteiger charge is 2.13. The number of halogens is 2. The lowest BCUT2D eigenvalue weighted by Crippen LogP contribution is -2.31. The number of phenols is 1. The minimum absolute atomic E-state index is 0.104. The van der Waals surface area contributed by atoms with Crippen LogP contribution < -0.4 is 10.1 Å². The fraction of sp³-hybridized carbons (Fsp3) is 0.350. The van der Waals surface area contributed by atoms with Gasteiger partial charge in [-0.1, -0.05) is 57.8 Å². The predicted octanol–water partition coefficient (Wildman–Crippen LogP) is 4.12. The molecule has 0 fully saturated rings. The Morgan fingerprint density at radius 3 is 2.44 bits per heavy atom. The summed E-state index contributed by atoms with van der Waals surface area (Å²) in [5, 5.41) is 21.2. The van der Waals surface area contributed by atoms with E-state index >= 15 is 0 Å². The first kappa shape index (κ1) is 21.7.